The van der Waals surface area contributed by atoms with Gasteiger partial charge in [0.05, 0.1) is 47.7 Å². The number of ether oxygens (including phenoxy) is 3. The first kappa shape index (κ1) is 49.1. The summed E-state index contributed by atoms with van der Waals surface area (Å²) in [6, 6.07) is 4.42. The second-order valence-corrected chi connectivity index (χ2v) is 13.0. The van der Waals surface area contributed by atoms with Crippen LogP contribution in [0.15, 0.2) is 89.0 Å². The van der Waals surface area contributed by atoms with Crippen LogP contribution in [0.2, 0.25) is 0 Å². The number of alkyl halides is 9. The fraction of sp³-hybridized carbons (Fsp3) is 0.359. The van der Waals surface area contributed by atoms with Gasteiger partial charge in [-0.2, -0.15) is 39.5 Å². The number of anilines is 3. The van der Waals surface area contributed by atoms with Crippen molar-refractivity contribution in [3.63, 3.8) is 0 Å². The summed E-state index contributed by atoms with van der Waals surface area (Å²) >= 11 is 0. The molecule has 0 saturated heterocycles. The molecule has 3 aliphatic rings. The molecule has 4 amide bonds. The first-order chi connectivity index (χ1) is 29.3. The second kappa shape index (κ2) is 19.2. The van der Waals surface area contributed by atoms with E-state index in [1.165, 1.54) is 20.8 Å². The Morgan fingerprint density at radius 2 is 0.937 bits per heavy atom. The number of carbonyl (C=O) groups excluding carboxylic acids is 4. The van der Waals surface area contributed by atoms with Crippen molar-refractivity contribution in [2.45, 2.75) is 72.5 Å². The van der Waals surface area contributed by atoms with Gasteiger partial charge in [0, 0.05) is 24.2 Å². The molecule has 6 heterocycles. The quantitative estimate of drug-likeness (QED) is 0.177. The number of hydrogen-bond donors (Lipinski definition) is 2. The predicted molar refractivity (Wildman–Crippen MR) is 200 cm³/mol. The molecule has 0 fully saturated rings. The lowest BCUT2D eigenvalue weighted by atomic mass is 10.2. The molecule has 0 spiro atoms. The van der Waals surface area contributed by atoms with Crippen LogP contribution in [0, 0.1) is 0 Å². The highest BCUT2D eigenvalue weighted by Crippen LogP contribution is 2.37. The maximum Gasteiger partial charge on any atom is 0.416 e. The number of nitrogens with zero attached hydrogens (tertiary/aromatic N) is 6. The van der Waals surface area contributed by atoms with Crippen LogP contribution in [-0.4, -0.2) is 81.1 Å². The minimum Gasteiger partial charge on any atom is -0.493 e. The number of imide groups is 1. The van der Waals surface area contributed by atoms with Crippen molar-refractivity contribution in [1.82, 2.24) is 15.0 Å². The van der Waals surface area contributed by atoms with Crippen molar-refractivity contribution >= 4 is 41.1 Å². The lowest BCUT2D eigenvalue weighted by Gasteiger charge is -2.22. The molecule has 0 aliphatic carbocycles. The summed E-state index contributed by atoms with van der Waals surface area (Å²) in [5.41, 5.74) is -2.47. The third kappa shape index (κ3) is 10.6. The number of aliphatic hydroxyl groups excluding tert-OH is 2. The van der Waals surface area contributed by atoms with Gasteiger partial charge < -0.3 is 24.4 Å². The molecule has 2 N–H and O–H groups in total. The molecule has 0 radical (unpaired) electrons. The van der Waals surface area contributed by atoms with Gasteiger partial charge in [0.15, 0.2) is 29.7 Å². The van der Waals surface area contributed by atoms with E-state index in [0.717, 1.165) is 46.6 Å². The Morgan fingerprint density at radius 1 is 0.540 bits per heavy atom. The van der Waals surface area contributed by atoms with Gasteiger partial charge in [-0.1, -0.05) is 0 Å². The van der Waals surface area contributed by atoms with E-state index < -0.39 is 71.3 Å². The molecule has 0 aromatic carbocycles. The predicted octanol–water partition coefficient (Wildman–Crippen LogP) is 6.44. The van der Waals surface area contributed by atoms with E-state index in [2.05, 4.69) is 15.0 Å². The SMILES string of the molecule is CCOC1=C(C)C(=O)N(c2cc(C(F)(F)F)ccn2)C1=O.CCOC1=C(C)C(=O)N(c2cc(C(F)(F)F)ccn2)C1O.CCOC1=C(C)C(O)N(c2cc(C(F)(F)F)ccn2)C1=O. The standard InChI is InChI=1S/2C13H13F3N2O3.C13H11F3N2O3/c3*1-3-21-10-7(2)11(19)18(12(10)20)9-6-8(4-5-17-9)13(14,15)16/h4-6,12,20H,3H2,1-2H3;4-6,11,19H,3H2,1-2H3;4-6H,3H2,1-2H3. The zero-order valence-electron chi connectivity index (χ0n) is 33.8. The number of aromatic nitrogens is 3. The van der Waals surface area contributed by atoms with Crippen LogP contribution < -0.4 is 14.7 Å². The Bertz CT molecular complexity index is 2290. The number of hydrogen-bond acceptors (Lipinski definition) is 12. The summed E-state index contributed by atoms with van der Waals surface area (Å²) < 4.78 is 130. The Morgan fingerprint density at radius 3 is 1.37 bits per heavy atom. The number of halogens is 9. The fourth-order valence-electron chi connectivity index (χ4n) is 5.84. The van der Waals surface area contributed by atoms with Crippen molar-refractivity contribution in [2.24, 2.45) is 0 Å². The van der Waals surface area contributed by atoms with Crippen molar-refractivity contribution in [3.05, 3.63) is 106 Å². The van der Waals surface area contributed by atoms with E-state index in [9.17, 15) is 68.9 Å². The third-order valence-electron chi connectivity index (χ3n) is 8.87. The summed E-state index contributed by atoms with van der Waals surface area (Å²) in [4.78, 5) is 61.5. The molecular formula is C39H37F9N6O9. The molecule has 63 heavy (non-hydrogen) atoms. The average molecular weight is 905 g/mol. The second-order valence-electron chi connectivity index (χ2n) is 13.0. The van der Waals surface area contributed by atoms with E-state index in [-0.39, 0.29) is 71.3 Å². The number of pyridine rings is 3. The van der Waals surface area contributed by atoms with Gasteiger partial charge in [-0.05, 0) is 77.9 Å². The van der Waals surface area contributed by atoms with Crippen LogP contribution in [0.3, 0.4) is 0 Å². The molecule has 3 aromatic rings. The smallest absolute Gasteiger partial charge is 0.416 e. The van der Waals surface area contributed by atoms with E-state index in [4.69, 9.17) is 14.2 Å². The number of aliphatic hydroxyl groups is 2. The molecule has 340 valence electrons. The minimum atomic E-state index is -4.59. The number of rotatable bonds is 9. The van der Waals surface area contributed by atoms with Gasteiger partial charge in [0.2, 0.25) is 0 Å². The zero-order valence-corrected chi connectivity index (χ0v) is 33.8. The topological polar surface area (TPSA) is 185 Å². The molecule has 15 nitrogen and oxygen atoms in total. The molecule has 0 saturated carbocycles. The number of amides is 4. The summed E-state index contributed by atoms with van der Waals surface area (Å²) in [5.74, 6) is -4.05. The maximum atomic E-state index is 12.7. The van der Waals surface area contributed by atoms with Gasteiger partial charge in [0.25, 0.3) is 17.7 Å². The Hall–Kier alpha value is -6.56. The molecule has 3 aliphatic heterocycles. The van der Waals surface area contributed by atoms with Crippen LogP contribution in [-0.2, 0) is 51.9 Å². The van der Waals surface area contributed by atoms with Crippen LogP contribution in [0.25, 0.3) is 0 Å². The summed E-state index contributed by atoms with van der Waals surface area (Å²) in [6.45, 7) is 9.83. The highest BCUT2D eigenvalue weighted by atomic mass is 19.4. The van der Waals surface area contributed by atoms with Crippen molar-refractivity contribution in [1.29, 1.82) is 0 Å². The van der Waals surface area contributed by atoms with Crippen molar-refractivity contribution in [3.8, 4) is 0 Å². The first-order valence-electron chi connectivity index (χ1n) is 18.3. The van der Waals surface area contributed by atoms with Crippen molar-refractivity contribution in [2.75, 3.05) is 34.5 Å². The Kier molecular flexibility index (Phi) is 15.0. The average Bonchev–Trinajstić information content (AvgIpc) is 3.66. The van der Waals surface area contributed by atoms with E-state index in [1.807, 2.05) is 0 Å². The monoisotopic (exact) mass is 904 g/mol. The normalized spacial score (nSPS) is 18.3. The lowest BCUT2D eigenvalue weighted by Crippen LogP contribution is -2.36. The molecule has 2 unspecified atom stereocenters. The zero-order chi connectivity index (χ0) is 47.4. The van der Waals surface area contributed by atoms with Crippen LogP contribution in [0.4, 0.5) is 57.0 Å². The molecule has 24 heteroatoms. The third-order valence-corrected chi connectivity index (χ3v) is 8.87. The Balaban J connectivity index is 0.000000207. The highest BCUT2D eigenvalue weighted by molar-refractivity contribution is 6.31. The van der Waals surface area contributed by atoms with Crippen LogP contribution in [0.5, 0.6) is 0 Å². The molecular weight excluding hydrogens is 867 g/mol. The van der Waals surface area contributed by atoms with E-state index in [1.54, 1.807) is 20.8 Å². The molecule has 0 bridgehead atoms. The van der Waals surface area contributed by atoms with Gasteiger partial charge in [0.1, 0.15) is 17.5 Å². The van der Waals surface area contributed by atoms with Gasteiger partial charge >= 0.3 is 24.4 Å². The molecule has 6 rings (SSSR count). The molecule has 2 atom stereocenters. The largest absolute Gasteiger partial charge is 0.493 e. The Labute approximate surface area is 351 Å². The van der Waals surface area contributed by atoms with Gasteiger partial charge in [-0.25, -0.2) is 19.9 Å². The maximum absolute atomic E-state index is 12.7. The van der Waals surface area contributed by atoms with Crippen LogP contribution >= 0.6 is 0 Å². The van der Waals surface area contributed by atoms with Gasteiger partial charge in [-0.3, -0.25) is 29.0 Å². The summed E-state index contributed by atoms with van der Waals surface area (Å²) in [6.07, 6.45) is -13.8. The number of carbonyl (C=O) groups is 4. The van der Waals surface area contributed by atoms with Gasteiger partial charge in [-0.15, -0.1) is 0 Å². The first-order valence-corrected chi connectivity index (χ1v) is 18.3. The summed E-state index contributed by atoms with van der Waals surface area (Å²) in [7, 11) is 0. The minimum absolute atomic E-state index is 0.0294. The highest BCUT2D eigenvalue weighted by Gasteiger charge is 2.43. The van der Waals surface area contributed by atoms with Crippen LogP contribution in [0.1, 0.15) is 58.2 Å². The fourth-order valence-corrected chi connectivity index (χ4v) is 5.84. The molecule has 3 aromatic heterocycles. The lowest BCUT2D eigenvalue weighted by molar-refractivity contribution is -0.138. The van der Waals surface area contributed by atoms with Crippen molar-refractivity contribution < 1.29 is 83.1 Å². The summed E-state index contributed by atoms with van der Waals surface area (Å²) in [5, 5.41) is 20.1. The van der Waals surface area contributed by atoms with E-state index in [0.29, 0.717) is 23.1 Å². The van der Waals surface area contributed by atoms with E-state index >= 15 is 0 Å².